The fourth-order valence-electron chi connectivity index (χ4n) is 3.26. The van der Waals surface area contributed by atoms with Gasteiger partial charge in [0.1, 0.15) is 12.1 Å². The molecule has 0 bridgehead atoms. The summed E-state index contributed by atoms with van der Waals surface area (Å²) in [4.78, 5) is 23.3. The largest absolute Gasteiger partial charge is 0.480 e. The Morgan fingerprint density at radius 1 is 1.23 bits per heavy atom. The number of carbonyl (C=O) groups excluding carboxylic acids is 1. The predicted molar refractivity (Wildman–Crippen MR) is 110 cm³/mol. The SMILES string of the molecule is O=C(O)C(Cc1ccc(C(O)C2NCCC2=O)cc1)NS(=O)(=O)c1cccc(Cl)c1. The Morgan fingerprint density at radius 3 is 2.50 bits per heavy atom. The minimum absolute atomic E-state index is 0.0621. The first-order valence-electron chi connectivity index (χ1n) is 9.21. The molecule has 0 amide bonds. The van der Waals surface area contributed by atoms with Crippen LogP contribution >= 0.6 is 11.6 Å². The molecule has 0 aliphatic carbocycles. The van der Waals surface area contributed by atoms with Crippen LogP contribution in [0.15, 0.2) is 53.4 Å². The molecule has 8 nitrogen and oxygen atoms in total. The van der Waals surface area contributed by atoms with E-state index in [2.05, 4.69) is 10.0 Å². The fraction of sp³-hybridized carbons (Fsp3) is 0.300. The molecule has 0 spiro atoms. The molecule has 1 aliphatic rings. The Bertz CT molecular complexity index is 1040. The van der Waals surface area contributed by atoms with E-state index in [0.29, 0.717) is 24.1 Å². The first-order chi connectivity index (χ1) is 14.2. The first-order valence-corrected chi connectivity index (χ1v) is 11.1. The molecule has 3 unspecified atom stereocenters. The van der Waals surface area contributed by atoms with Crippen LogP contribution in [0.25, 0.3) is 0 Å². The zero-order chi connectivity index (χ0) is 21.9. The Kier molecular flexibility index (Phi) is 6.89. The normalized spacial score (nSPS) is 18.9. The van der Waals surface area contributed by atoms with Crippen molar-refractivity contribution < 1.29 is 28.2 Å². The summed E-state index contributed by atoms with van der Waals surface area (Å²) in [7, 11) is -4.09. The summed E-state index contributed by atoms with van der Waals surface area (Å²) in [6.07, 6.45) is -0.746. The monoisotopic (exact) mass is 452 g/mol. The van der Waals surface area contributed by atoms with E-state index >= 15 is 0 Å². The average molecular weight is 453 g/mol. The van der Waals surface area contributed by atoms with Crippen molar-refractivity contribution in [1.82, 2.24) is 10.0 Å². The Labute approximate surface area is 178 Å². The number of aliphatic hydroxyl groups excluding tert-OH is 1. The van der Waals surface area contributed by atoms with E-state index in [0.717, 1.165) is 0 Å². The van der Waals surface area contributed by atoms with E-state index in [1.807, 2.05) is 0 Å². The third kappa shape index (κ3) is 5.24. The summed E-state index contributed by atoms with van der Waals surface area (Å²) in [5, 5.41) is 23.0. The van der Waals surface area contributed by atoms with E-state index in [4.69, 9.17) is 11.6 Å². The number of carbonyl (C=O) groups is 2. The van der Waals surface area contributed by atoms with E-state index < -0.39 is 34.2 Å². The number of Topliss-reactive ketones (excluding diaryl/α,β-unsaturated/α-hetero) is 1. The molecule has 0 saturated carbocycles. The quantitative estimate of drug-likeness (QED) is 0.474. The minimum Gasteiger partial charge on any atom is -0.480 e. The number of aliphatic hydroxyl groups is 1. The van der Waals surface area contributed by atoms with Crippen LogP contribution in [0.2, 0.25) is 5.02 Å². The van der Waals surface area contributed by atoms with Crippen LogP contribution in [-0.4, -0.2) is 49.0 Å². The third-order valence-electron chi connectivity index (χ3n) is 4.86. The second-order valence-corrected chi connectivity index (χ2v) is 9.16. The van der Waals surface area contributed by atoms with E-state index in [1.165, 1.54) is 24.3 Å². The number of hydrogen-bond acceptors (Lipinski definition) is 6. The summed E-state index contributed by atoms with van der Waals surface area (Å²) < 4.78 is 27.2. The van der Waals surface area contributed by atoms with Crippen molar-refractivity contribution in [2.45, 2.75) is 35.9 Å². The number of halogens is 1. The van der Waals surface area contributed by atoms with Gasteiger partial charge in [0.25, 0.3) is 0 Å². The number of carboxylic acids is 1. The van der Waals surface area contributed by atoms with Gasteiger partial charge in [-0.15, -0.1) is 0 Å². The predicted octanol–water partition coefficient (Wildman–Crippen LogP) is 1.28. The summed E-state index contributed by atoms with van der Waals surface area (Å²) in [5.74, 6) is -1.39. The molecule has 2 aromatic carbocycles. The topological polar surface area (TPSA) is 133 Å². The summed E-state index contributed by atoms with van der Waals surface area (Å²) in [6, 6.07) is 9.85. The van der Waals surface area contributed by atoms with Gasteiger partial charge in [-0.25, -0.2) is 8.42 Å². The summed E-state index contributed by atoms with van der Waals surface area (Å²) in [6.45, 7) is 0.520. The van der Waals surface area contributed by atoms with Gasteiger partial charge >= 0.3 is 5.97 Å². The molecule has 3 atom stereocenters. The van der Waals surface area contributed by atoms with Gasteiger partial charge in [-0.2, -0.15) is 4.72 Å². The maximum absolute atomic E-state index is 12.5. The van der Waals surface area contributed by atoms with E-state index in [-0.39, 0.29) is 22.1 Å². The highest BCUT2D eigenvalue weighted by Gasteiger charge is 2.31. The van der Waals surface area contributed by atoms with E-state index in [9.17, 15) is 28.2 Å². The third-order valence-corrected chi connectivity index (χ3v) is 6.57. The van der Waals surface area contributed by atoms with Gasteiger partial charge in [0.05, 0.1) is 10.9 Å². The van der Waals surface area contributed by atoms with Gasteiger partial charge in [-0.3, -0.25) is 9.59 Å². The fourth-order valence-corrected chi connectivity index (χ4v) is 4.75. The number of benzene rings is 2. The Balaban J connectivity index is 1.72. The second-order valence-electron chi connectivity index (χ2n) is 7.01. The zero-order valence-corrected chi connectivity index (χ0v) is 17.4. The van der Waals surface area contributed by atoms with Crippen molar-refractivity contribution in [3.05, 3.63) is 64.7 Å². The molecule has 0 aromatic heterocycles. The molecule has 10 heteroatoms. The lowest BCUT2D eigenvalue weighted by molar-refractivity contribution is -0.139. The Hall–Kier alpha value is -2.30. The maximum Gasteiger partial charge on any atom is 0.322 e. The molecule has 2 aromatic rings. The molecule has 1 saturated heterocycles. The Morgan fingerprint density at radius 2 is 1.93 bits per heavy atom. The second kappa shape index (κ2) is 9.23. The van der Waals surface area contributed by atoms with Gasteiger partial charge in [-0.05, 0) is 35.7 Å². The highest BCUT2D eigenvalue weighted by atomic mass is 35.5. The van der Waals surface area contributed by atoms with Crippen molar-refractivity contribution in [1.29, 1.82) is 0 Å². The zero-order valence-electron chi connectivity index (χ0n) is 15.8. The van der Waals surface area contributed by atoms with Crippen molar-refractivity contribution >= 4 is 33.4 Å². The number of rotatable bonds is 8. The molecule has 0 radical (unpaired) electrons. The number of nitrogens with one attached hydrogen (secondary N) is 2. The lowest BCUT2D eigenvalue weighted by Crippen LogP contribution is -2.42. The lowest BCUT2D eigenvalue weighted by Gasteiger charge is -2.18. The smallest absolute Gasteiger partial charge is 0.322 e. The van der Waals surface area contributed by atoms with Gasteiger partial charge in [0, 0.05) is 18.0 Å². The molecular formula is C20H21ClN2O6S. The van der Waals surface area contributed by atoms with Crippen molar-refractivity contribution in [3.63, 3.8) is 0 Å². The van der Waals surface area contributed by atoms with E-state index in [1.54, 1.807) is 24.3 Å². The molecule has 4 N–H and O–H groups in total. The van der Waals surface area contributed by atoms with Crippen molar-refractivity contribution in [2.24, 2.45) is 0 Å². The number of ketones is 1. The van der Waals surface area contributed by atoms with Crippen LogP contribution in [0.3, 0.4) is 0 Å². The van der Waals surface area contributed by atoms with Gasteiger partial charge in [-0.1, -0.05) is 41.9 Å². The molecule has 160 valence electrons. The average Bonchev–Trinajstić information content (AvgIpc) is 3.13. The van der Waals surface area contributed by atoms with Crippen LogP contribution in [0, 0.1) is 0 Å². The maximum atomic E-state index is 12.5. The highest BCUT2D eigenvalue weighted by Crippen LogP contribution is 2.22. The lowest BCUT2D eigenvalue weighted by atomic mass is 9.97. The number of sulfonamides is 1. The van der Waals surface area contributed by atoms with Gasteiger partial charge < -0.3 is 15.5 Å². The van der Waals surface area contributed by atoms with Gasteiger partial charge in [0.2, 0.25) is 10.0 Å². The van der Waals surface area contributed by atoms with Crippen LogP contribution in [0.4, 0.5) is 0 Å². The standard InChI is InChI=1S/C20H21ClN2O6S/c21-14-2-1-3-15(11-14)30(28,29)23-16(20(26)27)10-12-4-6-13(7-5-12)19(25)18-17(24)8-9-22-18/h1-7,11,16,18-19,22-23,25H,8-10H2,(H,26,27). The highest BCUT2D eigenvalue weighted by molar-refractivity contribution is 7.89. The van der Waals surface area contributed by atoms with Crippen LogP contribution < -0.4 is 10.0 Å². The molecule has 1 fully saturated rings. The summed E-state index contributed by atoms with van der Waals surface area (Å²) >= 11 is 5.82. The molecular weight excluding hydrogens is 432 g/mol. The van der Waals surface area contributed by atoms with Crippen LogP contribution in [0.5, 0.6) is 0 Å². The van der Waals surface area contributed by atoms with Crippen LogP contribution in [-0.2, 0) is 26.0 Å². The van der Waals surface area contributed by atoms with Gasteiger partial charge in [0.15, 0.2) is 5.78 Å². The van der Waals surface area contributed by atoms with Crippen molar-refractivity contribution in [3.8, 4) is 0 Å². The van der Waals surface area contributed by atoms with Crippen LogP contribution in [0.1, 0.15) is 23.7 Å². The number of hydrogen-bond donors (Lipinski definition) is 4. The number of carboxylic acid groups (broad SMARTS) is 1. The molecule has 3 rings (SSSR count). The minimum atomic E-state index is -4.09. The molecule has 1 heterocycles. The molecule has 1 aliphatic heterocycles. The molecule has 30 heavy (non-hydrogen) atoms. The summed E-state index contributed by atoms with van der Waals surface area (Å²) in [5.41, 5.74) is 1.07. The first kappa shape index (κ1) is 22.4. The number of aliphatic carboxylic acids is 1. The van der Waals surface area contributed by atoms with Crippen molar-refractivity contribution in [2.75, 3.05) is 6.54 Å².